The van der Waals surface area contributed by atoms with E-state index in [9.17, 15) is 19.8 Å². The number of nitrogens with zero attached hydrogens (tertiary/aromatic N) is 2. The summed E-state index contributed by atoms with van der Waals surface area (Å²) in [5, 5.41) is 19.9. The lowest BCUT2D eigenvalue weighted by Crippen LogP contribution is -2.45. The third-order valence-electron chi connectivity index (χ3n) is 4.74. The number of likely N-dealkylation sites (tertiary alicyclic amines) is 1. The molecule has 142 valence electrons. The molecule has 0 aliphatic carbocycles. The lowest BCUT2D eigenvalue weighted by Gasteiger charge is -2.24. The zero-order valence-electron chi connectivity index (χ0n) is 15.0. The Morgan fingerprint density at radius 2 is 1.96 bits per heavy atom. The average molecular weight is 370 g/mol. The molecule has 2 N–H and O–H groups in total. The van der Waals surface area contributed by atoms with Crippen molar-refractivity contribution in [1.82, 2.24) is 9.88 Å². The second kappa shape index (κ2) is 8.18. The quantitative estimate of drug-likeness (QED) is 0.784. The highest BCUT2D eigenvalue weighted by Crippen LogP contribution is 2.32. The van der Waals surface area contributed by atoms with E-state index in [1.54, 1.807) is 6.20 Å². The van der Waals surface area contributed by atoms with E-state index in [4.69, 9.17) is 4.74 Å². The molecular formula is C20H22N2O5. The molecular weight excluding hydrogens is 348 g/mol. The van der Waals surface area contributed by atoms with Crippen LogP contribution in [0.15, 0.2) is 48.7 Å². The number of aliphatic hydroxyl groups excluding tert-OH is 1. The molecule has 7 heteroatoms. The van der Waals surface area contributed by atoms with E-state index in [0.29, 0.717) is 6.42 Å². The van der Waals surface area contributed by atoms with Gasteiger partial charge in [-0.05, 0) is 43.0 Å². The Balaban J connectivity index is 1.69. The van der Waals surface area contributed by atoms with Crippen LogP contribution in [0.4, 0.5) is 4.79 Å². The zero-order chi connectivity index (χ0) is 19.4. The van der Waals surface area contributed by atoms with Crippen molar-refractivity contribution in [3.8, 4) is 0 Å². The van der Waals surface area contributed by atoms with Gasteiger partial charge in [0.2, 0.25) is 0 Å². The molecule has 0 radical (unpaired) electrons. The number of hydrogen-bond acceptors (Lipinski definition) is 5. The monoisotopic (exact) mass is 370 g/mol. The molecule has 1 aromatic heterocycles. The largest absolute Gasteiger partial charge is 0.465 e. The van der Waals surface area contributed by atoms with Crippen molar-refractivity contribution >= 4 is 12.1 Å². The van der Waals surface area contributed by atoms with Gasteiger partial charge >= 0.3 is 12.1 Å². The molecule has 1 unspecified atom stereocenters. The first-order valence-electron chi connectivity index (χ1n) is 8.77. The van der Waals surface area contributed by atoms with Crippen LogP contribution >= 0.6 is 0 Å². The average Bonchev–Trinajstić information content (AvgIpc) is 2.97. The maximum Gasteiger partial charge on any atom is 0.410 e. The highest BCUT2D eigenvalue weighted by Gasteiger charge is 2.47. The molecule has 27 heavy (non-hydrogen) atoms. The van der Waals surface area contributed by atoms with Gasteiger partial charge in [0.15, 0.2) is 0 Å². The number of aliphatic hydroxyl groups is 1. The van der Waals surface area contributed by atoms with Crippen LogP contribution < -0.4 is 0 Å². The second-order valence-electron chi connectivity index (χ2n) is 6.72. The maximum absolute atomic E-state index is 12.5. The van der Waals surface area contributed by atoms with Crippen molar-refractivity contribution in [3.63, 3.8) is 0 Å². The molecule has 2 heterocycles. The first-order valence-corrected chi connectivity index (χ1v) is 8.77. The topological polar surface area (TPSA) is 100.0 Å². The number of carbonyl (C=O) groups excluding carboxylic acids is 1. The first kappa shape index (κ1) is 18.8. The number of carbonyl (C=O) groups is 2. The highest BCUT2D eigenvalue weighted by molar-refractivity contribution is 5.81. The van der Waals surface area contributed by atoms with Crippen molar-refractivity contribution in [1.29, 1.82) is 0 Å². The summed E-state index contributed by atoms with van der Waals surface area (Å²) in [6, 6.07) is 11.9. The second-order valence-corrected chi connectivity index (χ2v) is 6.72. The van der Waals surface area contributed by atoms with Crippen LogP contribution in [0.2, 0.25) is 0 Å². The summed E-state index contributed by atoms with van der Waals surface area (Å²) in [6.07, 6.45) is -0.256. The summed E-state index contributed by atoms with van der Waals surface area (Å²) in [7, 11) is 0. The minimum atomic E-state index is -1.34. The number of benzene rings is 1. The minimum absolute atomic E-state index is 0.0634. The van der Waals surface area contributed by atoms with Crippen molar-refractivity contribution < 1.29 is 24.5 Å². The van der Waals surface area contributed by atoms with Crippen LogP contribution in [0, 0.1) is 12.8 Å². The summed E-state index contributed by atoms with van der Waals surface area (Å²) in [5.74, 6) is -1.04. The van der Waals surface area contributed by atoms with Gasteiger partial charge in [-0.3, -0.25) is 9.88 Å². The molecule has 1 aromatic carbocycles. The zero-order valence-corrected chi connectivity index (χ0v) is 15.0. The number of amides is 1. The molecule has 1 aliphatic rings. The highest BCUT2D eigenvalue weighted by atomic mass is 16.5. The van der Waals surface area contributed by atoms with Gasteiger partial charge in [-0.2, -0.15) is 0 Å². The number of carboxylic acid groups (broad SMARTS) is 1. The predicted molar refractivity (Wildman–Crippen MR) is 96.7 cm³/mol. The van der Waals surface area contributed by atoms with Crippen molar-refractivity contribution in [2.45, 2.75) is 38.6 Å². The number of ether oxygens (including phenoxy) is 1. The molecule has 1 aliphatic heterocycles. The van der Waals surface area contributed by atoms with E-state index in [1.165, 1.54) is 0 Å². The van der Waals surface area contributed by atoms with Gasteiger partial charge in [0.25, 0.3) is 0 Å². The van der Waals surface area contributed by atoms with Gasteiger partial charge < -0.3 is 14.9 Å². The Hall–Kier alpha value is -2.93. The molecule has 1 amide bonds. The molecule has 1 fully saturated rings. The fourth-order valence-corrected chi connectivity index (χ4v) is 3.44. The van der Waals surface area contributed by atoms with Gasteiger partial charge in [-0.1, -0.05) is 30.3 Å². The van der Waals surface area contributed by atoms with Gasteiger partial charge in [0, 0.05) is 17.8 Å². The number of hydrogen-bond donors (Lipinski definition) is 2. The minimum Gasteiger partial charge on any atom is -0.465 e. The van der Waals surface area contributed by atoms with Crippen molar-refractivity contribution in [3.05, 3.63) is 65.5 Å². The molecule has 0 bridgehead atoms. The summed E-state index contributed by atoms with van der Waals surface area (Å²) in [6.45, 7) is 1.93. The smallest absolute Gasteiger partial charge is 0.410 e. The summed E-state index contributed by atoms with van der Waals surface area (Å²) >= 11 is 0. The van der Waals surface area contributed by atoms with Crippen LogP contribution in [-0.4, -0.2) is 44.4 Å². The number of esters is 1. The van der Waals surface area contributed by atoms with Crippen molar-refractivity contribution in [2.24, 2.45) is 5.92 Å². The van der Waals surface area contributed by atoms with Crippen LogP contribution in [0.3, 0.4) is 0 Å². The van der Waals surface area contributed by atoms with E-state index >= 15 is 0 Å². The maximum atomic E-state index is 12.5. The molecule has 3 rings (SSSR count). The fourth-order valence-electron chi connectivity index (χ4n) is 3.44. The Bertz CT molecular complexity index is 811. The summed E-state index contributed by atoms with van der Waals surface area (Å²) in [4.78, 5) is 29.0. The Kier molecular flexibility index (Phi) is 5.71. The van der Waals surface area contributed by atoms with E-state index in [2.05, 4.69) is 4.98 Å². The molecule has 1 saturated heterocycles. The Labute approximate surface area is 157 Å². The lowest BCUT2D eigenvalue weighted by molar-refractivity contribution is -0.151. The van der Waals surface area contributed by atoms with Crippen molar-refractivity contribution in [2.75, 3.05) is 0 Å². The normalized spacial score (nSPS) is 21.9. The fraction of sp³-hybridized carbons (Fsp3) is 0.350. The summed E-state index contributed by atoms with van der Waals surface area (Å²) < 4.78 is 5.29. The Morgan fingerprint density at radius 1 is 1.22 bits per heavy atom. The van der Waals surface area contributed by atoms with E-state index in [0.717, 1.165) is 21.7 Å². The first-order chi connectivity index (χ1) is 13.0. The third-order valence-corrected chi connectivity index (χ3v) is 4.74. The van der Waals surface area contributed by atoms with E-state index in [1.807, 2.05) is 49.4 Å². The number of pyridine rings is 1. The molecule has 0 saturated carbocycles. The molecule has 3 atom stereocenters. The van der Waals surface area contributed by atoms with Gasteiger partial charge in [-0.15, -0.1) is 0 Å². The van der Waals surface area contributed by atoms with Gasteiger partial charge in [0.1, 0.15) is 18.9 Å². The van der Waals surface area contributed by atoms with Gasteiger partial charge in [0.05, 0.1) is 0 Å². The predicted octanol–water partition coefficient (Wildman–Crippen LogP) is 2.36. The SMILES string of the molecule is Cc1cc(C[C@H]2C[C@H](C(=O)OCc3ccccc3)N(C(=O)O)C2O)ccn1. The third kappa shape index (κ3) is 4.43. The van der Waals surface area contributed by atoms with Crippen LogP contribution in [0.25, 0.3) is 0 Å². The van der Waals surface area contributed by atoms with E-state index in [-0.39, 0.29) is 13.0 Å². The number of rotatable bonds is 5. The lowest BCUT2D eigenvalue weighted by atomic mass is 9.96. The molecule has 0 spiro atoms. The van der Waals surface area contributed by atoms with Crippen LogP contribution in [0.1, 0.15) is 23.2 Å². The number of aryl methyl sites for hydroxylation is 1. The Morgan fingerprint density at radius 3 is 2.63 bits per heavy atom. The van der Waals surface area contributed by atoms with E-state index < -0.39 is 30.3 Å². The molecule has 7 nitrogen and oxygen atoms in total. The standard InChI is InChI=1S/C20H22N2O5/c1-13-9-15(7-8-21-13)10-16-11-17(22(18(16)23)20(25)26)19(24)27-12-14-5-3-2-4-6-14/h2-9,16-18,23H,10-12H2,1H3,(H,25,26)/t16-,17+,18?/m0/s1. The summed E-state index contributed by atoms with van der Waals surface area (Å²) in [5.41, 5.74) is 2.60. The molecule has 2 aromatic rings. The van der Waals surface area contributed by atoms with Gasteiger partial charge in [-0.25, -0.2) is 9.59 Å². The van der Waals surface area contributed by atoms with Crippen LogP contribution in [0.5, 0.6) is 0 Å². The van der Waals surface area contributed by atoms with Crippen LogP contribution in [-0.2, 0) is 22.6 Å². The number of aromatic nitrogens is 1.